The van der Waals surface area contributed by atoms with E-state index in [1.54, 1.807) is 0 Å². The van der Waals surface area contributed by atoms with Crippen molar-refractivity contribution in [3.63, 3.8) is 0 Å². The van der Waals surface area contributed by atoms with Crippen LogP contribution in [0.4, 0.5) is 0 Å². The average molecular weight is 227 g/mol. The van der Waals surface area contributed by atoms with E-state index in [2.05, 4.69) is 10.2 Å². The summed E-state index contributed by atoms with van der Waals surface area (Å²) in [7, 11) is 0. The van der Waals surface area contributed by atoms with Crippen LogP contribution in [0.1, 0.15) is 19.8 Å². The third-order valence-corrected chi connectivity index (χ3v) is 3.28. The fourth-order valence-electron chi connectivity index (χ4n) is 1.95. The van der Waals surface area contributed by atoms with Gasteiger partial charge in [0.15, 0.2) is 0 Å². The fraction of sp³-hybridized carbons (Fsp3) is 0.909. The summed E-state index contributed by atoms with van der Waals surface area (Å²) in [5.41, 5.74) is 5.58. The summed E-state index contributed by atoms with van der Waals surface area (Å²) in [6.45, 7) is 4.72. The van der Waals surface area contributed by atoms with E-state index in [9.17, 15) is 4.79 Å². The lowest BCUT2D eigenvalue weighted by atomic mass is 10.2. The van der Waals surface area contributed by atoms with Crippen molar-refractivity contribution in [3.05, 3.63) is 0 Å². The van der Waals surface area contributed by atoms with Crippen LogP contribution >= 0.6 is 0 Å². The Labute approximate surface area is 96.3 Å². The molecule has 2 unspecified atom stereocenters. The molecule has 2 aliphatic rings. The molecule has 0 aromatic heterocycles. The number of carbonyl (C=O) groups is 1. The van der Waals surface area contributed by atoms with E-state index in [0.717, 1.165) is 25.9 Å². The van der Waals surface area contributed by atoms with Crippen molar-refractivity contribution in [2.75, 3.05) is 26.2 Å². The molecule has 1 amide bonds. The number of nitrogens with zero attached hydrogens (tertiary/aromatic N) is 1. The van der Waals surface area contributed by atoms with Gasteiger partial charge >= 0.3 is 0 Å². The van der Waals surface area contributed by atoms with Gasteiger partial charge in [-0.3, -0.25) is 9.69 Å². The molecule has 1 saturated carbocycles. The standard InChI is InChI=1S/C11H21N3O2/c1-8(11(15)13-9-2-3-9)14-4-5-16-10(6-12)7-14/h8-10H,2-7,12H2,1H3,(H,13,15). The van der Waals surface area contributed by atoms with Crippen molar-refractivity contribution in [1.29, 1.82) is 0 Å². The van der Waals surface area contributed by atoms with Crippen molar-refractivity contribution < 1.29 is 9.53 Å². The smallest absolute Gasteiger partial charge is 0.237 e. The second-order valence-corrected chi connectivity index (χ2v) is 4.68. The minimum atomic E-state index is -0.0708. The van der Waals surface area contributed by atoms with Crippen LogP contribution in [0.5, 0.6) is 0 Å². The minimum absolute atomic E-state index is 0.0708. The molecular weight excluding hydrogens is 206 g/mol. The largest absolute Gasteiger partial charge is 0.374 e. The molecular formula is C11H21N3O2. The summed E-state index contributed by atoms with van der Waals surface area (Å²) in [6.07, 6.45) is 2.34. The molecule has 0 bridgehead atoms. The monoisotopic (exact) mass is 227 g/mol. The Morgan fingerprint density at radius 2 is 2.38 bits per heavy atom. The van der Waals surface area contributed by atoms with Crippen LogP contribution in [-0.2, 0) is 9.53 Å². The average Bonchev–Trinajstić information content (AvgIpc) is 3.12. The first kappa shape index (κ1) is 11.8. The Morgan fingerprint density at radius 3 is 3.00 bits per heavy atom. The third-order valence-electron chi connectivity index (χ3n) is 3.28. The first-order valence-electron chi connectivity index (χ1n) is 6.07. The third kappa shape index (κ3) is 2.93. The lowest BCUT2D eigenvalue weighted by Crippen LogP contribution is -2.53. The Kier molecular flexibility index (Phi) is 3.78. The summed E-state index contributed by atoms with van der Waals surface area (Å²) in [4.78, 5) is 14.0. The molecule has 0 radical (unpaired) electrons. The Hall–Kier alpha value is -0.650. The SMILES string of the molecule is CC(C(=O)NC1CC1)N1CCOC(CN)C1. The molecule has 1 aliphatic heterocycles. The van der Waals surface area contributed by atoms with Crippen LogP contribution < -0.4 is 11.1 Å². The highest BCUT2D eigenvalue weighted by Gasteiger charge is 2.30. The molecule has 5 nitrogen and oxygen atoms in total. The van der Waals surface area contributed by atoms with Gasteiger partial charge < -0.3 is 15.8 Å². The van der Waals surface area contributed by atoms with Gasteiger partial charge in [-0.15, -0.1) is 0 Å². The van der Waals surface area contributed by atoms with E-state index in [1.807, 2.05) is 6.92 Å². The van der Waals surface area contributed by atoms with Crippen LogP contribution in [0.2, 0.25) is 0 Å². The van der Waals surface area contributed by atoms with Gasteiger partial charge in [-0.1, -0.05) is 0 Å². The number of rotatable bonds is 4. The molecule has 5 heteroatoms. The lowest BCUT2D eigenvalue weighted by Gasteiger charge is -2.35. The topological polar surface area (TPSA) is 67.6 Å². The van der Waals surface area contributed by atoms with Crippen LogP contribution in [0.15, 0.2) is 0 Å². The van der Waals surface area contributed by atoms with Gasteiger partial charge in [0.1, 0.15) is 0 Å². The normalized spacial score (nSPS) is 28.8. The second-order valence-electron chi connectivity index (χ2n) is 4.68. The molecule has 2 fully saturated rings. The highest BCUT2D eigenvalue weighted by atomic mass is 16.5. The van der Waals surface area contributed by atoms with Gasteiger partial charge in [0.05, 0.1) is 18.8 Å². The Balaban J connectivity index is 1.82. The number of hydrogen-bond donors (Lipinski definition) is 2. The van der Waals surface area contributed by atoms with E-state index in [4.69, 9.17) is 10.5 Å². The summed E-state index contributed by atoms with van der Waals surface area (Å²) in [6, 6.07) is 0.361. The predicted molar refractivity (Wildman–Crippen MR) is 61.0 cm³/mol. The Morgan fingerprint density at radius 1 is 1.62 bits per heavy atom. The van der Waals surface area contributed by atoms with E-state index in [1.165, 1.54) is 0 Å². The minimum Gasteiger partial charge on any atom is -0.374 e. The summed E-state index contributed by atoms with van der Waals surface area (Å²) in [5, 5.41) is 3.03. The zero-order valence-corrected chi connectivity index (χ0v) is 9.82. The molecule has 1 heterocycles. The molecule has 3 N–H and O–H groups in total. The fourth-order valence-corrected chi connectivity index (χ4v) is 1.95. The summed E-state index contributed by atoms with van der Waals surface area (Å²) in [5.74, 6) is 0.139. The van der Waals surface area contributed by atoms with Crippen LogP contribution in [-0.4, -0.2) is 55.2 Å². The highest BCUT2D eigenvalue weighted by molar-refractivity contribution is 5.81. The number of hydrogen-bond acceptors (Lipinski definition) is 4. The van der Waals surface area contributed by atoms with E-state index < -0.39 is 0 Å². The van der Waals surface area contributed by atoms with Gasteiger partial charge in [-0.25, -0.2) is 0 Å². The van der Waals surface area contributed by atoms with Crippen LogP contribution in [0, 0.1) is 0 Å². The first-order chi connectivity index (χ1) is 7.70. The number of nitrogens with one attached hydrogen (secondary N) is 1. The predicted octanol–water partition coefficient (Wildman–Crippen LogP) is -0.687. The molecule has 2 rings (SSSR count). The molecule has 0 aromatic rings. The number of nitrogens with two attached hydrogens (primary N) is 1. The molecule has 0 spiro atoms. The molecule has 1 saturated heterocycles. The van der Waals surface area contributed by atoms with E-state index in [-0.39, 0.29) is 18.1 Å². The van der Waals surface area contributed by atoms with Crippen molar-refractivity contribution in [3.8, 4) is 0 Å². The van der Waals surface area contributed by atoms with Gasteiger partial charge in [-0.2, -0.15) is 0 Å². The van der Waals surface area contributed by atoms with E-state index >= 15 is 0 Å². The maximum absolute atomic E-state index is 11.9. The van der Waals surface area contributed by atoms with Crippen molar-refractivity contribution in [2.45, 2.75) is 38.0 Å². The van der Waals surface area contributed by atoms with Crippen LogP contribution in [0.3, 0.4) is 0 Å². The molecule has 16 heavy (non-hydrogen) atoms. The number of carbonyl (C=O) groups excluding carboxylic acids is 1. The maximum Gasteiger partial charge on any atom is 0.237 e. The quantitative estimate of drug-likeness (QED) is 0.667. The Bertz CT molecular complexity index is 256. The highest BCUT2D eigenvalue weighted by Crippen LogP contribution is 2.19. The van der Waals surface area contributed by atoms with Crippen LogP contribution in [0.25, 0.3) is 0 Å². The molecule has 92 valence electrons. The molecule has 0 aromatic carbocycles. The maximum atomic E-state index is 11.9. The van der Waals surface area contributed by atoms with Gasteiger partial charge in [0.25, 0.3) is 0 Å². The zero-order valence-electron chi connectivity index (χ0n) is 9.82. The summed E-state index contributed by atoms with van der Waals surface area (Å²) >= 11 is 0. The summed E-state index contributed by atoms with van der Waals surface area (Å²) < 4.78 is 5.48. The number of morpholine rings is 1. The van der Waals surface area contributed by atoms with Gasteiger partial charge in [0.2, 0.25) is 5.91 Å². The molecule has 1 aliphatic carbocycles. The van der Waals surface area contributed by atoms with Gasteiger partial charge in [-0.05, 0) is 19.8 Å². The van der Waals surface area contributed by atoms with Crippen molar-refractivity contribution >= 4 is 5.91 Å². The number of amides is 1. The van der Waals surface area contributed by atoms with Crippen molar-refractivity contribution in [2.24, 2.45) is 5.73 Å². The van der Waals surface area contributed by atoms with Gasteiger partial charge in [0, 0.05) is 25.7 Å². The van der Waals surface area contributed by atoms with E-state index in [0.29, 0.717) is 19.2 Å². The van der Waals surface area contributed by atoms with Crippen molar-refractivity contribution in [1.82, 2.24) is 10.2 Å². The number of ether oxygens (including phenoxy) is 1. The zero-order chi connectivity index (χ0) is 11.5. The second kappa shape index (κ2) is 5.12. The lowest BCUT2D eigenvalue weighted by molar-refractivity contribution is -0.129. The molecule has 2 atom stereocenters. The first-order valence-corrected chi connectivity index (χ1v) is 6.07.